The predicted octanol–water partition coefficient (Wildman–Crippen LogP) is 2.09. The number of halogens is 1. The number of rotatable bonds is 3. The van der Waals surface area contributed by atoms with Crippen molar-refractivity contribution in [1.29, 1.82) is 0 Å². The van der Waals surface area contributed by atoms with Crippen molar-refractivity contribution in [2.24, 2.45) is 11.7 Å². The lowest BCUT2D eigenvalue weighted by atomic mass is 9.98. The summed E-state index contributed by atoms with van der Waals surface area (Å²) in [5.74, 6) is 0.916. The van der Waals surface area contributed by atoms with E-state index in [0.29, 0.717) is 23.8 Å². The Kier molecular flexibility index (Phi) is 3.88. The molecule has 2 rings (SSSR count). The molecule has 1 aromatic rings. The smallest absolute Gasteiger partial charge is 0.130 e. The van der Waals surface area contributed by atoms with E-state index in [-0.39, 0.29) is 11.9 Å². The van der Waals surface area contributed by atoms with Gasteiger partial charge in [-0.25, -0.2) is 4.39 Å². The summed E-state index contributed by atoms with van der Waals surface area (Å²) in [5.41, 5.74) is 7.27. The molecule has 1 aliphatic rings. The standard InChI is InChI=1S/C14H21FN2O/c1-9-12(15)5-11(6-14(9)18-3)13-4-10(7-16)8-17(13)2/h5-6,10,13H,4,7-8,16H2,1-3H3. The highest BCUT2D eigenvalue weighted by Gasteiger charge is 2.30. The van der Waals surface area contributed by atoms with Crippen LogP contribution in [0.25, 0.3) is 0 Å². The average Bonchev–Trinajstić information content (AvgIpc) is 2.74. The molecule has 100 valence electrons. The molecular weight excluding hydrogens is 231 g/mol. The minimum Gasteiger partial charge on any atom is -0.496 e. The molecular formula is C14H21FN2O. The van der Waals surface area contributed by atoms with Crippen LogP contribution in [-0.2, 0) is 0 Å². The van der Waals surface area contributed by atoms with E-state index in [0.717, 1.165) is 18.5 Å². The molecule has 1 aliphatic heterocycles. The monoisotopic (exact) mass is 252 g/mol. The number of hydrogen-bond donors (Lipinski definition) is 1. The van der Waals surface area contributed by atoms with E-state index in [9.17, 15) is 4.39 Å². The van der Waals surface area contributed by atoms with Crippen molar-refractivity contribution in [1.82, 2.24) is 4.90 Å². The van der Waals surface area contributed by atoms with Crippen LogP contribution >= 0.6 is 0 Å². The SMILES string of the molecule is COc1cc(C2CC(CN)CN2C)cc(F)c1C. The fourth-order valence-electron chi connectivity index (χ4n) is 2.74. The van der Waals surface area contributed by atoms with Crippen molar-refractivity contribution in [2.75, 3.05) is 27.2 Å². The molecule has 0 spiro atoms. The zero-order chi connectivity index (χ0) is 13.3. The van der Waals surface area contributed by atoms with Gasteiger partial charge in [-0.1, -0.05) is 0 Å². The van der Waals surface area contributed by atoms with Gasteiger partial charge in [0.2, 0.25) is 0 Å². The first-order chi connectivity index (χ1) is 8.56. The Morgan fingerprint density at radius 3 is 2.78 bits per heavy atom. The second kappa shape index (κ2) is 5.24. The van der Waals surface area contributed by atoms with Gasteiger partial charge in [-0.05, 0) is 50.6 Å². The second-order valence-electron chi connectivity index (χ2n) is 5.12. The third-order valence-electron chi connectivity index (χ3n) is 3.89. The molecule has 0 saturated carbocycles. The first-order valence-corrected chi connectivity index (χ1v) is 6.31. The van der Waals surface area contributed by atoms with Crippen LogP contribution in [0.4, 0.5) is 4.39 Å². The Bertz CT molecular complexity index is 436. The Morgan fingerprint density at radius 1 is 1.50 bits per heavy atom. The molecule has 1 heterocycles. The predicted molar refractivity (Wildman–Crippen MR) is 70.2 cm³/mol. The number of likely N-dealkylation sites (tertiary alicyclic amines) is 1. The minimum atomic E-state index is -0.200. The summed E-state index contributed by atoms with van der Waals surface area (Å²) in [7, 11) is 3.64. The normalized spacial score (nSPS) is 24.5. The topological polar surface area (TPSA) is 38.5 Å². The van der Waals surface area contributed by atoms with E-state index in [1.165, 1.54) is 0 Å². The van der Waals surface area contributed by atoms with Crippen molar-refractivity contribution in [3.05, 3.63) is 29.1 Å². The van der Waals surface area contributed by atoms with Gasteiger partial charge < -0.3 is 10.5 Å². The van der Waals surface area contributed by atoms with Gasteiger partial charge >= 0.3 is 0 Å². The summed E-state index contributed by atoms with van der Waals surface area (Å²) in [4.78, 5) is 2.24. The highest BCUT2D eigenvalue weighted by atomic mass is 19.1. The van der Waals surface area contributed by atoms with Gasteiger partial charge in [-0.15, -0.1) is 0 Å². The fourth-order valence-corrected chi connectivity index (χ4v) is 2.74. The van der Waals surface area contributed by atoms with E-state index in [4.69, 9.17) is 10.5 Å². The zero-order valence-corrected chi connectivity index (χ0v) is 11.2. The van der Waals surface area contributed by atoms with Gasteiger partial charge in [0, 0.05) is 18.2 Å². The van der Waals surface area contributed by atoms with E-state index < -0.39 is 0 Å². The third kappa shape index (κ3) is 2.35. The lowest BCUT2D eigenvalue weighted by Crippen LogP contribution is -2.20. The van der Waals surface area contributed by atoms with Gasteiger partial charge in [0.05, 0.1) is 7.11 Å². The van der Waals surface area contributed by atoms with Crippen molar-refractivity contribution in [2.45, 2.75) is 19.4 Å². The summed E-state index contributed by atoms with van der Waals surface area (Å²) in [6.45, 7) is 3.39. The number of benzene rings is 1. The van der Waals surface area contributed by atoms with Crippen LogP contribution in [0.3, 0.4) is 0 Å². The maximum atomic E-state index is 13.9. The summed E-state index contributed by atoms with van der Waals surface area (Å²) in [6, 6.07) is 3.80. The maximum Gasteiger partial charge on any atom is 0.130 e. The minimum absolute atomic E-state index is 0.200. The second-order valence-corrected chi connectivity index (χ2v) is 5.12. The largest absolute Gasteiger partial charge is 0.496 e. The Labute approximate surface area is 108 Å². The molecule has 1 saturated heterocycles. The summed E-state index contributed by atoms with van der Waals surface area (Å²) < 4.78 is 19.1. The lowest BCUT2D eigenvalue weighted by Gasteiger charge is -2.21. The van der Waals surface area contributed by atoms with Crippen molar-refractivity contribution < 1.29 is 9.13 Å². The molecule has 2 unspecified atom stereocenters. The quantitative estimate of drug-likeness (QED) is 0.895. The highest BCUT2D eigenvalue weighted by Crippen LogP contribution is 2.36. The lowest BCUT2D eigenvalue weighted by molar-refractivity contribution is 0.311. The number of methoxy groups -OCH3 is 1. The highest BCUT2D eigenvalue weighted by molar-refractivity contribution is 5.39. The molecule has 3 nitrogen and oxygen atoms in total. The van der Waals surface area contributed by atoms with Gasteiger partial charge in [0.15, 0.2) is 0 Å². The molecule has 1 aromatic carbocycles. The van der Waals surface area contributed by atoms with Crippen LogP contribution < -0.4 is 10.5 Å². The zero-order valence-electron chi connectivity index (χ0n) is 11.2. The third-order valence-corrected chi connectivity index (χ3v) is 3.89. The number of ether oxygens (including phenoxy) is 1. The first kappa shape index (κ1) is 13.3. The number of hydrogen-bond acceptors (Lipinski definition) is 3. The molecule has 4 heteroatoms. The number of nitrogens with zero attached hydrogens (tertiary/aromatic N) is 1. The molecule has 2 atom stereocenters. The molecule has 2 N–H and O–H groups in total. The maximum absolute atomic E-state index is 13.9. The summed E-state index contributed by atoms with van der Waals surface area (Å²) in [5, 5.41) is 0. The molecule has 0 aromatic heterocycles. The van der Waals surface area contributed by atoms with Crippen LogP contribution in [0, 0.1) is 18.7 Å². The van der Waals surface area contributed by atoms with Gasteiger partial charge in [-0.2, -0.15) is 0 Å². The molecule has 0 aliphatic carbocycles. The molecule has 0 amide bonds. The average molecular weight is 252 g/mol. The van der Waals surface area contributed by atoms with Crippen molar-refractivity contribution in [3.63, 3.8) is 0 Å². The van der Waals surface area contributed by atoms with E-state index in [1.807, 2.05) is 6.07 Å². The molecule has 0 bridgehead atoms. The van der Waals surface area contributed by atoms with Crippen LogP contribution in [-0.4, -0.2) is 32.1 Å². The number of nitrogens with two attached hydrogens (primary N) is 1. The first-order valence-electron chi connectivity index (χ1n) is 6.31. The molecule has 18 heavy (non-hydrogen) atoms. The van der Waals surface area contributed by atoms with Crippen LogP contribution in [0.15, 0.2) is 12.1 Å². The van der Waals surface area contributed by atoms with E-state index >= 15 is 0 Å². The fraction of sp³-hybridized carbons (Fsp3) is 0.571. The van der Waals surface area contributed by atoms with E-state index in [1.54, 1.807) is 20.1 Å². The van der Waals surface area contributed by atoms with Crippen LogP contribution in [0.1, 0.15) is 23.6 Å². The van der Waals surface area contributed by atoms with Gasteiger partial charge in [0.25, 0.3) is 0 Å². The Hall–Kier alpha value is -1.13. The molecule has 1 fully saturated rings. The Balaban J connectivity index is 2.31. The summed E-state index contributed by atoms with van der Waals surface area (Å²) in [6.07, 6.45) is 0.985. The van der Waals surface area contributed by atoms with Crippen LogP contribution in [0.2, 0.25) is 0 Å². The van der Waals surface area contributed by atoms with E-state index in [2.05, 4.69) is 11.9 Å². The Morgan fingerprint density at radius 2 is 2.22 bits per heavy atom. The van der Waals surface area contributed by atoms with Crippen molar-refractivity contribution in [3.8, 4) is 5.75 Å². The van der Waals surface area contributed by atoms with Gasteiger partial charge in [0.1, 0.15) is 11.6 Å². The molecule has 0 radical (unpaired) electrons. The van der Waals surface area contributed by atoms with Gasteiger partial charge in [-0.3, -0.25) is 4.90 Å². The van der Waals surface area contributed by atoms with Crippen molar-refractivity contribution >= 4 is 0 Å². The summed E-state index contributed by atoms with van der Waals surface area (Å²) >= 11 is 0. The van der Waals surface area contributed by atoms with Crippen LogP contribution in [0.5, 0.6) is 5.75 Å².